The van der Waals surface area contributed by atoms with Crippen LogP contribution in [-0.4, -0.2) is 34.1 Å². The molecule has 0 aliphatic heterocycles. The molecule has 2 aliphatic rings. The topological polar surface area (TPSA) is 34.9 Å². The van der Waals surface area contributed by atoms with Crippen LogP contribution in [0.5, 0.6) is 0 Å². The second-order valence-electron chi connectivity index (χ2n) is 5.75. The van der Waals surface area contributed by atoms with E-state index in [4.69, 9.17) is 0 Å². The molecule has 0 bridgehead atoms. The largest absolute Gasteiger partial charge is 0.435 e. The molecule has 0 aromatic carbocycles. The number of ketones is 1. The van der Waals surface area contributed by atoms with E-state index in [0.717, 1.165) is 4.68 Å². The van der Waals surface area contributed by atoms with Gasteiger partial charge in [0.1, 0.15) is 12.3 Å². The first kappa shape index (κ1) is 16.8. The zero-order valence-corrected chi connectivity index (χ0v) is 13.0. The van der Waals surface area contributed by atoms with Crippen LogP contribution in [0.25, 0.3) is 0 Å². The van der Waals surface area contributed by atoms with Gasteiger partial charge in [0.2, 0.25) is 0 Å². The van der Waals surface area contributed by atoms with Crippen LogP contribution in [0.1, 0.15) is 51.9 Å². The zero-order chi connectivity index (χ0) is 17.1. The molecule has 1 aromatic heterocycles. The minimum atomic E-state index is -4.86. The number of aromatic nitrogens is 2. The molecule has 0 amide bonds. The van der Waals surface area contributed by atoms with Crippen LogP contribution >= 0.6 is 15.9 Å². The minimum absolute atomic E-state index is 0.0379. The highest BCUT2D eigenvalue weighted by molar-refractivity contribution is 9.09. The summed E-state index contributed by atoms with van der Waals surface area (Å²) in [6.45, 7) is 0. The number of hydrogen-bond acceptors (Lipinski definition) is 2. The Bertz CT molecular complexity index is 633. The van der Waals surface area contributed by atoms with E-state index in [1.807, 2.05) is 0 Å². The Hall–Kier alpha value is -1.06. The summed E-state index contributed by atoms with van der Waals surface area (Å²) in [7, 11) is 0. The first-order valence-electron chi connectivity index (χ1n) is 6.90. The normalized spacial score (nSPS) is 34.7. The van der Waals surface area contributed by atoms with E-state index in [2.05, 4.69) is 21.0 Å². The van der Waals surface area contributed by atoms with Gasteiger partial charge in [0, 0.05) is 19.3 Å². The maximum Gasteiger partial charge on any atom is 0.435 e. The van der Waals surface area contributed by atoms with E-state index >= 15 is 0 Å². The molecule has 1 unspecified atom stereocenters. The summed E-state index contributed by atoms with van der Waals surface area (Å²) in [5, 5.41) is 3.41. The second kappa shape index (κ2) is 5.49. The van der Waals surface area contributed by atoms with E-state index in [-0.39, 0.29) is 12.1 Å². The molecule has 1 heterocycles. The molecule has 0 saturated heterocycles. The number of rotatable bonds is 1. The van der Waals surface area contributed by atoms with Gasteiger partial charge in [0.15, 0.2) is 17.6 Å². The molecule has 3 rings (SSSR count). The lowest BCUT2D eigenvalue weighted by Gasteiger charge is -2.31. The van der Waals surface area contributed by atoms with Gasteiger partial charge in [-0.3, -0.25) is 9.48 Å². The standard InChI is InChI=1S/C13H11BrF6N2O/c14-5-3-8(23)9-11(5)22(21-12(9)13(18,19)20)4-1-6(15)10(17)7(16)2-4/h4-7,10H,1-3H2/t4-,5?,6-,7+,10-. The number of hydrogen-bond donors (Lipinski definition) is 0. The number of alkyl halides is 7. The quantitative estimate of drug-likeness (QED) is 0.517. The van der Waals surface area contributed by atoms with Crippen LogP contribution in [0.2, 0.25) is 0 Å². The molecular formula is C13H11BrF6N2O. The van der Waals surface area contributed by atoms with Crippen LogP contribution in [0.15, 0.2) is 0 Å². The zero-order valence-electron chi connectivity index (χ0n) is 11.5. The lowest BCUT2D eigenvalue weighted by Crippen LogP contribution is -2.38. The van der Waals surface area contributed by atoms with Gasteiger partial charge in [0.25, 0.3) is 0 Å². The van der Waals surface area contributed by atoms with E-state index < -0.39 is 65.4 Å². The van der Waals surface area contributed by atoms with Crippen molar-refractivity contribution in [2.45, 2.75) is 54.8 Å². The van der Waals surface area contributed by atoms with E-state index in [1.54, 1.807) is 0 Å². The molecule has 3 nitrogen and oxygen atoms in total. The Morgan fingerprint density at radius 2 is 1.70 bits per heavy atom. The number of carbonyl (C=O) groups excluding carboxylic acids is 1. The van der Waals surface area contributed by atoms with Gasteiger partial charge >= 0.3 is 6.18 Å². The highest BCUT2D eigenvalue weighted by Gasteiger charge is 2.48. The summed E-state index contributed by atoms with van der Waals surface area (Å²) >= 11 is 3.11. The Labute approximate surface area is 135 Å². The van der Waals surface area contributed by atoms with E-state index in [9.17, 15) is 31.1 Å². The lowest BCUT2D eigenvalue weighted by molar-refractivity contribution is -0.142. The maximum atomic E-state index is 13.6. The third-order valence-electron chi connectivity index (χ3n) is 4.19. The average Bonchev–Trinajstić information content (AvgIpc) is 2.95. The number of Topliss-reactive ketones (excluding diaryl/α,β-unsaturated/α-hetero) is 1. The maximum absolute atomic E-state index is 13.6. The number of fused-ring (bicyclic) bond motifs is 1. The number of carbonyl (C=O) groups is 1. The van der Waals surface area contributed by atoms with E-state index in [1.165, 1.54) is 0 Å². The van der Waals surface area contributed by atoms with Gasteiger partial charge in [-0.15, -0.1) is 0 Å². The van der Waals surface area contributed by atoms with Crippen molar-refractivity contribution in [3.8, 4) is 0 Å². The second-order valence-corrected chi connectivity index (χ2v) is 6.85. The molecule has 0 radical (unpaired) electrons. The molecule has 0 N–H and O–H groups in total. The number of halogens is 7. The van der Waals surface area contributed by atoms with Gasteiger partial charge in [-0.1, -0.05) is 15.9 Å². The van der Waals surface area contributed by atoms with Crippen molar-refractivity contribution in [3.63, 3.8) is 0 Å². The molecular weight excluding hydrogens is 394 g/mol. The predicted molar refractivity (Wildman–Crippen MR) is 70.8 cm³/mol. The fraction of sp³-hybridized carbons (Fsp3) is 0.692. The van der Waals surface area contributed by atoms with E-state index in [0.29, 0.717) is 0 Å². The molecule has 0 spiro atoms. The summed E-state index contributed by atoms with van der Waals surface area (Å²) in [4.78, 5) is 11.1. The SMILES string of the molecule is O=C1CC(Br)c2c1c(C(F)(F)F)nn2[C@@H]1C[C@@H](F)[C@@H](F)[C@@H](F)C1. The molecule has 128 valence electrons. The van der Waals surface area contributed by atoms with Gasteiger partial charge in [-0.05, 0) is 0 Å². The molecule has 10 heteroatoms. The third kappa shape index (κ3) is 2.68. The van der Waals surface area contributed by atoms with Crippen LogP contribution in [0, 0.1) is 0 Å². The monoisotopic (exact) mass is 404 g/mol. The Kier molecular flexibility index (Phi) is 4.01. The highest BCUT2D eigenvalue weighted by atomic mass is 79.9. The summed E-state index contributed by atoms with van der Waals surface area (Å²) in [5.74, 6) is -0.728. The van der Waals surface area contributed by atoms with Gasteiger partial charge in [-0.25, -0.2) is 13.2 Å². The van der Waals surface area contributed by atoms with Gasteiger partial charge in [-0.2, -0.15) is 18.3 Å². The van der Waals surface area contributed by atoms with Crippen molar-refractivity contribution in [3.05, 3.63) is 17.0 Å². The smallest absolute Gasteiger partial charge is 0.294 e. The van der Waals surface area contributed by atoms with Crippen molar-refractivity contribution in [2.75, 3.05) is 0 Å². The molecule has 2 aliphatic carbocycles. The van der Waals surface area contributed by atoms with Crippen molar-refractivity contribution < 1.29 is 31.1 Å². The van der Waals surface area contributed by atoms with Crippen LogP contribution in [-0.2, 0) is 6.18 Å². The molecule has 5 atom stereocenters. The van der Waals surface area contributed by atoms with Gasteiger partial charge < -0.3 is 0 Å². The highest BCUT2D eigenvalue weighted by Crippen LogP contribution is 2.46. The minimum Gasteiger partial charge on any atom is -0.294 e. The lowest BCUT2D eigenvalue weighted by atomic mass is 9.90. The summed E-state index contributed by atoms with van der Waals surface area (Å²) < 4.78 is 80.5. The van der Waals surface area contributed by atoms with Crippen LogP contribution < -0.4 is 0 Å². The third-order valence-corrected chi connectivity index (χ3v) is 4.94. The van der Waals surface area contributed by atoms with Crippen molar-refractivity contribution in [1.82, 2.24) is 9.78 Å². The Balaban J connectivity index is 2.07. The van der Waals surface area contributed by atoms with Crippen molar-refractivity contribution in [1.29, 1.82) is 0 Å². The van der Waals surface area contributed by atoms with Crippen LogP contribution in [0.3, 0.4) is 0 Å². The first-order valence-corrected chi connectivity index (χ1v) is 7.82. The molecule has 1 fully saturated rings. The number of nitrogens with zero attached hydrogens (tertiary/aromatic N) is 2. The first-order chi connectivity index (χ1) is 10.6. The fourth-order valence-electron chi connectivity index (χ4n) is 3.16. The van der Waals surface area contributed by atoms with Gasteiger partial charge in [0.05, 0.1) is 22.1 Å². The predicted octanol–water partition coefficient (Wildman–Crippen LogP) is 4.27. The summed E-state index contributed by atoms with van der Waals surface area (Å²) in [6, 6.07) is -1.07. The average molecular weight is 405 g/mol. The molecule has 1 saturated carbocycles. The summed E-state index contributed by atoms with van der Waals surface area (Å²) in [5.41, 5.74) is -1.95. The van der Waals surface area contributed by atoms with Crippen molar-refractivity contribution in [2.24, 2.45) is 0 Å². The van der Waals surface area contributed by atoms with Crippen LogP contribution in [0.4, 0.5) is 26.3 Å². The Morgan fingerprint density at radius 3 is 2.22 bits per heavy atom. The van der Waals surface area contributed by atoms with Crippen molar-refractivity contribution >= 4 is 21.7 Å². The Morgan fingerprint density at radius 1 is 1.13 bits per heavy atom. The summed E-state index contributed by atoms with van der Waals surface area (Å²) in [6.07, 6.45) is -12.6. The fourth-order valence-corrected chi connectivity index (χ4v) is 3.90. The molecule has 1 aromatic rings. The molecule has 23 heavy (non-hydrogen) atoms.